The van der Waals surface area contributed by atoms with E-state index in [0.717, 1.165) is 6.61 Å². The second-order valence-corrected chi connectivity index (χ2v) is 6.05. The Morgan fingerprint density at radius 1 is 1.06 bits per heavy atom. The predicted octanol–water partition coefficient (Wildman–Crippen LogP) is 3.07. The summed E-state index contributed by atoms with van der Waals surface area (Å²) >= 11 is 0. The average Bonchev–Trinajstić information content (AvgIpc) is 3.02. The number of ether oxygens (including phenoxy) is 1. The summed E-state index contributed by atoms with van der Waals surface area (Å²) in [6, 6.07) is 0. The number of hydrogen-bond donors (Lipinski definition) is 0. The second-order valence-electron chi connectivity index (χ2n) is 6.05. The molecule has 1 aliphatic carbocycles. The highest BCUT2D eigenvalue weighted by atomic mass is 16.5. The van der Waals surface area contributed by atoms with Crippen molar-refractivity contribution in [3.63, 3.8) is 0 Å². The van der Waals surface area contributed by atoms with E-state index in [0.29, 0.717) is 11.5 Å². The zero-order valence-corrected chi connectivity index (χ0v) is 11.0. The van der Waals surface area contributed by atoms with Gasteiger partial charge in [-0.1, -0.05) is 12.8 Å². The van der Waals surface area contributed by atoms with Gasteiger partial charge < -0.3 is 9.64 Å². The summed E-state index contributed by atoms with van der Waals surface area (Å²) in [5.41, 5.74) is 0.536. The Labute approximate surface area is 100 Å². The van der Waals surface area contributed by atoms with Crippen molar-refractivity contribution in [3.8, 4) is 0 Å². The van der Waals surface area contributed by atoms with Crippen LogP contribution < -0.4 is 0 Å². The molecule has 2 heteroatoms. The number of hydrogen-bond acceptors (Lipinski definition) is 2. The monoisotopic (exact) mass is 225 g/mol. The Kier molecular flexibility index (Phi) is 4.26. The molecule has 2 aliphatic rings. The van der Waals surface area contributed by atoms with Crippen molar-refractivity contribution in [2.24, 2.45) is 5.41 Å². The fraction of sp³-hybridized carbons (Fsp3) is 1.00. The molecule has 1 saturated carbocycles. The van der Waals surface area contributed by atoms with Crippen LogP contribution in [0.5, 0.6) is 0 Å². The normalized spacial score (nSPS) is 25.7. The lowest BCUT2D eigenvalue weighted by Gasteiger charge is -2.26. The van der Waals surface area contributed by atoms with Gasteiger partial charge in [0.05, 0.1) is 12.7 Å². The summed E-state index contributed by atoms with van der Waals surface area (Å²) < 4.78 is 5.82. The molecule has 1 saturated heterocycles. The minimum Gasteiger partial charge on any atom is -0.378 e. The molecule has 2 nitrogen and oxygen atoms in total. The van der Waals surface area contributed by atoms with Crippen molar-refractivity contribution in [2.45, 2.75) is 58.5 Å². The molecule has 0 spiro atoms. The molecule has 0 radical (unpaired) electrons. The van der Waals surface area contributed by atoms with E-state index in [1.165, 1.54) is 58.2 Å². The second kappa shape index (κ2) is 5.50. The summed E-state index contributed by atoms with van der Waals surface area (Å²) in [6.07, 6.45) is 8.84. The predicted molar refractivity (Wildman–Crippen MR) is 67.7 cm³/mol. The fourth-order valence-electron chi connectivity index (χ4n) is 2.64. The lowest BCUT2D eigenvalue weighted by atomic mass is 10.1. The molecule has 2 fully saturated rings. The van der Waals surface area contributed by atoms with Gasteiger partial charge in [-0.05, 0) is 52.6 Å². The molecule has 94 valence electrons. The van der Waals surface area contributed by atoms with Crippen LogP contribution in [0.3, 0.4) is 0 Å². The van der Waals surface area contributed by atoms with Gasteiger partial charge in [0.1, 0.15) is 0 Å². The van der Waals surface area contributed by atoms with E-state index in [4.69, 9.17) is 4.74 Å². The zero-order valence-electron chi connectivity index (χ0n) is 11.0. The summed E-state index contributed by atoms with van der Waals surface area (Å²) in [5.74, 6) is 0. The minimum absolute atomic E-state index is 0.390. The van der Waals surface area contributed by atoms with Gasteiger partial charge in [0.2, 0.25) is 0 Å². The maximum atomic E-state index is 5.82. The smallest absolute Gasteiger partial charge is 0.0538 e. The number of nitrogens with zero attached hydrogens (tertiary/aromatic N) is 1. The van der Waals surface area contributed by atoms with E-state index >= 15 is 0 Å². The van der Waals surface area contributed by atoms with E-state index in [1.807, 2.05) is 0 Å². The molecule has 16 heavy (non-hydrogen) atoms. The maximum absolute atomic E-state index is 5.82. The van der Waals surface area contributed by atoms with Crippen LogP contribution in [0.25, 0.3) is 0 Å². The lowest BCUT2D eigenvalue weighted by molar-refractivity contribution is 0.0313. The van der Waals surface area contributed by atoms with Crippen molar-refractivity contribution < 1.29 is 4.74 Å². The van der Waals surface area contributed by atoms with Crippen LogP contribution in [-0.2, 0) is 4.74 Å². The molecule has 0 unspecified atom stereocenters. The van der Waals surface area contributed by atoms with Crippen molar-refractivity contribution in [1.29, 1.82) is 0 Å². The van der Waals surface area contributed by atoms with Gasteiger partial charge in [-0.15, -0.1) is 0 Å². The Balaban J connectivity index is 1.74. The topological polar surface area (TPSA) is 12.5 Å². The SMILES string of the molecule is CC(C)OCC1(CN2CCCCCC2)CC1. The van der Waals surface area contributed by atoms with Crippen LogP contribution in [0.4, 0.5) is 0 Å². The molecule has 0 aromatic rings. The Hall–Kier alpha value is -0.0800. The van der Waals surface area contributed by atoms with Crippen LogP contribution >= 0.6 is 0 Å². The maximum Gasteiger partial charge on any atom is 0.0538 e. The molecule has 2 rings (SSSR count). The molecular weight excluding hydrogens is 198 g/mol. The van der Waals surface area contributed by atoms with Crippen LogP contribution in [-0.4, -0.2) is 37.2 Å². The molecular formula is C14H27NO. The minimum atomic E-state index is 0.390. The molecule has 0 bridgehead atoms. The standard InChI is InChI=1S/C14H27NO/c1-13(2)16-12-14(7-8-14)11-15-9-5-3-4-6-10-15/h13H,3-12H2,1-2H3. The fourth-order valence-corrected chi connectivity index (χ4v) is 2.64. The third-order valence-corrected chi connectivity index (χ3v) is 3.94. The van der Waals surface area contributed by atoms with E-state index in [9.17, 15) is 0 Å². The summed E-state index contributed by atoms with van der Waals surface area (Å²) in [7, 11) is 0. The summed E-state index contributed by atoms with van der Waals surface area (Å²) in [6.45, 7) is 9.21. The van der Waals surface area contributed by atoms with E-state index in [1.54, 1.807) is 0 Å². The molecule has 0 N–H and O–H groups in total. The molecule has 0 aromatic heterocycles. The average molecular weight is 225 g/mol. The Morgan fingerprint density at radius 2 is 1.69 bits per heavy atom. The summed E-state index contributed by atoms with van der Waals surface area (Å²) in [4.78, 5) is 2.68. The third-order valence-electron chi connectivity index (χ3n) is 3.94. The first-order chi connectivity index (χ1) is 7.70. The van der Waals surface area contributed by atoms with Gasteiger partial charge in [0.15, 0.2) is 0 Å². The first kappa shape index (κ1) is 12.4. The van der Waals surface area contributed by atoms with E-state index in [2.05, 4.69) is 18.7 Å². The first-order valence-electron chi connectivity index (χ1n) is 7.04. The van der Waals surface area contributed by atoms with Gasteiger partial charge in [0, 0.05) is 12.0 Å². The highest BCUT2D eigenvalue weighted by Crippen LogP contribution is 2.46. The lowest BCUT2D eigenvalue weighted by Crippen LogP contribution is -2.34. The van der Waals surface area contributed by atoms with Crippen LogP contribution in [0.2, 0.25) is 0 Å². The molecule has 0 atom stereocenters. The van der Waals surface area contributed by atoms with Gasteiger partial charge in [-0.25, -0.2) is 0 Å². The zero-order chi connectivity index (χ0) is 11.4. The Morgan fingerprint density at radius 3 is 2.19 bits per heavy atom. The molecule has 1 aliphatic heterocycles. The van der Waals surface area contributed by atoms with Gasteiger partial charge in [0.25, 0.3) is 0 Å². The highest BCUT2D eigenvalue weighted by Gasteiger charge is 2.44. The molecule has 1 heterocycles. The third kappa shape index (κ3) is 3.74. The number of likely N-dealkylation sites (tertiary alicyclic amines) is 1. The first-order valence-corrected chi connectivity index (χ1v) is 7.04. The van der Waals surface area contributed by atoms with Crippen LogP contribution in [0.15, 0.2) is 0 Å². The van der Waals surface area contributed by atoms with Gasteiger partial charge in [-0.2, -0.15) is 0 Å². The quantitative estimate of drug-likeness (QED) is 0.713. The molecule has 0 aromatic carbocycles. The van der Waals surface area contributed by atoms with Crippen LogP contribution in [0, 0.1) is 5.41 Å². The van der Waals surface area contributed by atoms with Gasteiger partial charge in [-0.3, -0.25) is 0 Å². The largest absolute Gasteiger partial charge is 0.378 e. The van der Waals surface area contributed by atoms with E-state index < -0.39 is 0 Å². The van der Waals surface area contributed by atoms with Crippen molar-refractivity contribution in [3.05, 3.63) is 0 Å². The summed E-state index contributed by atoms with van der Waals surface area (Å²) in [5, 5.41) is 0. The Bertz CT molecular complexity index is 203. The van der Waals surface area contributed by atoms with Crippen LogP contribution in [0.1, 0.15) is 52.4 Å². The van der Waals surface area contributed by atoms with Crippen molar-refractivity contribution >= 4 is 0 Å². The highest BCUT2D eigenvalue weighted by molar-refractivity contribution is 4.95. The number of rotatable bonds is 5. The van der Waals surface area contributed by atoms with Gasteiger partial charge >= 0.3 is 0 Å². The van der Waals surface area contributed by atoms with Crippen molar-refractivity contribution in [1.82, 2.24) is 4.90 Å². The van der Waals surface area contributed by atoms with Crippen molar-refractivity contribution in [2.75, 3.05) is 26.2 Å². The van der Waals surface area contributed by atoms with E-state index in [-0.39, 0.29) is 0 Å². The molecule has 0 amide bonds.